The van der Waals surface area contributed by atoms with Gasteiger partial charge in [-0.15, -0.1) is 0 Å². The largest absolute Gasteiger partial charge is 0.481 e. The number of carboxylic acid groups (broad SMARTS) is 1. The van der Waals surface area contributed by atoms with E-state index >= 15 is 0 Å². The van der Waals surface area contributed by atoms with E-state index in [1.807, 2.05) is 0 Å². The molecule has 1 N–H and O–H groups in total. The molecule has 83 valence electrons. The third-order valence-electron chi connectivity index (χ3n) is 1.99. The first-order chi connectivity index (χ1) is 5.77. The van der Waals surface area contributed by atoms with Crippen molar-refractivity contribution in [2.24, 2.45) is 0 Å². The van der Waals surface area contributed by atoms with E-state index < -0.39 is 5.97 Å². The Morgan fingerprint density at radius 3 is 1.92 bits per heavy atom. The molecule has 0 saturated carbocycles. The van der Waals surface area contributed by atoms with Crippen molar-refractivity contribution in [1.82, 2.24) is 0 Å². The molecule has 0 aliphatic carbocycles. The number of hydrogen-bond acceptors (Lipinski definition) is 1. The van der Waals surface area contributed by atoms with Crippen molar-refractivity contribution < 1.29 is 32.3 Å². The SMILES string of the molecule is CCCCCCCCCC(=O)O.[Au]. The Kier molecular flexibility index (Phi) is 14.7. The van der Waals surface area contributed by atoms with E-state index in [4.69, 9.17) is 5.11 Å². The molecule has 0 rings (SSSR count). The van der Waals surface area contributed by atoms with Crippen LogP contribution in [-0.4, -0.2) is 11.1 Å². The number of carbonyl (C=O) groups is 1. The van der Waals surface area contributed by atoms with Crippen LogP contribution in [-0.2, 0) is 27.2 Å². The Labute approximate surface area is 96.6 Å². The number of rotatable bonds is 8. The van der Waals surface area contributed by atoms with Gasteiger partial charge in [0.25, 0.3) is 0 Å². The molecule has 1 radical (unpaired) electrons. The summed E-state index contributed by atoms with van der Waals surface area (Å²) in [5.41, 5.74) is 0. The quantitative estimate of drug-likeness (QED) is 0.527. The van der Waals surface area contributed by atoms with E-state index in [-0.39, 0.29) is 22.4 Å². The van der Waals surface area contributed by atoms with Gasteiger partial charge >= 0.3 is 5.97 Å². The molecule has 0 aromatic rings. The summed E-state index contributed by atoms with van der Waals surface area (Å²) in [4.78, 5) is 10.1. The number of carboxylic acids is 1. The van der Waals surface area contributed by atoms with Gasteiger partial charge in [-0.3, -0.25) is 4.79 Å². The Bertz CT molecular complexity index is 115. The van der Waals surface area contributed by atoms with Crippen molar-refractivity contribution in [2.45, 2.75) is 58.3 Å². The van der Waals surface area contributed by atoms with E-state index in [9.17, 15) is 4.79 Å². The monoisotopic (exact) mass is 369 g/mol. The van der Waals surface area contributed by atoms with Crippen LogP contribution in [0.25, 0.3) is 0 Å². The molecule has 0 fully saturated rings. The van der Waals surface area contributed by atoms with Crippen molar-refractivity contribution >= 4 is 5.97 Å². The van der Waals surface area contributed by atoms with Gasteiger partial charge in [0, 0.05) is 28.8 Å². The molecule has 0 aromatic heterocycles. The molecule has 13 heavy (non-hydrogen) atoms. The molecule has 0 aromatic carbocycles. The van der Waals surface area contributed by atoms with E-state index in [0.29, 0.717) is 6.42 Å². The van der Waals surface area contributed by atoms with Crippen LogP contribution in [0.2, 0.25) is 0 Å². The third kappa shape index (κ3) is 15.0. The third-order valence-corrected chi connectivity index (χ3v) is 1.99. The maximum absolute atomic E-state index is 10.1. The van der Waals surface area contributed by atoms with Gasteiger partial charge in [-0.25, -0.2) is 0 Å². The zero-order valence-corrected chi connectivity index (χ0v) is 10.5. The first kappa shape index (κ1) is 15.7. The molecule has 0 spiro atoms. The fourth-order valence-corrected chi connectivity index (χ4v) is 1.23. The molecule has 0 heterocycles. The second-order valence-corrected chi connectivity index (χ2v) is 3.27. The van der Waals surface area contributed by atoms with Crippen molar-refractivity contribution in [2.75, 3.05) is 0 Å². The zero-order chi connectivity index (χ0) is 9.23. The number of aliphatic carboxylic acids is 1. The Morgan fingerprint density at radius 1 is 1.00 bits per heavy atom. The minimum absolute atomic E-state index is 0. The fourth-order valence-electron chi connectivity index (χ4n) is 1.23. The fraction of sp³-hybridized carbons (Fsp3) is 0.900. The molecule has 0 amide bonds. The number of hydrogen-bond donors (Lipinski definition) is 1. The minimum Gasteiger partial charge on any atom is -0.481 e. The van der Waals surface area contributed by atoms with Gasteiger partial charge < -0.3 is 5.11 Å². The van der Waals surface area contributed by atoms with Crippen molar-refractivity contribution in [3.63, 3.8) is 0 Å². The molecular formula is C10H20AuO2. The molecule has 3 heteroatoms. The molecule has 0 atom stereocenters. The predicted molar refractivity (Wildman–Crippen MR) is 50.2 cm³/mol. The maximum Gasteiger partial charge on any atom is 0.303 e. The van der Waals surface area contributed by atoms with E-state index in [1.165, 1.54) is 32.1 Å². The topological polar surface area (TPSA) is 37.3 Å². The van der Waals surface area contributed by atoms with Crippen molar-refractivity contribution in [1.29, 1.82) is 0 Å². The molecule has 0 aliphatic rings. The van der Waals surface area contributed by atoms with Crippen LogP contribution >= 0.6 is 0 Å². The van der Waals surface area contributed by atoms with Gasteiger partial charge in [-0.05, 0) is 6.42 Å². The Balaban J connectivity index is 0. The first-order valence-electron chi connectivity index (χ1n) is 4.99. The summed E-state index contributed by atoms with van der Waals surface area (Å²) in [5, 5.41) is 8.35. The van der Waals surface area contributed by atoms with Crippen LogP contribution in [0.15, 0.2) is 0 Å². The normalized spacial score (nSPS) is 9.31. The molecule has 0 aliphatic heterocycles. The smallest absolute Gasteiger partial charge is 0.303 e. The van der Waals surface area contributed by atoms with Crippen LogP contribution in [0.1, 0.15) is 58.3 Å². The van der Waals surface area contributed by atoms with Crippen molar-refractivity contribution in [3.05, 3.63) is 0 Å². The molecule has 0 bridgehead atoms. The first-order valence-corrected chi connectivity index (χ1v) is 4.99. The summed E-state index contributed by atoms with van der Waals surface area (Å²) >= 11 is 0. The Hall–Kier alpha value is 0.210. The molecular weight excluding hydrogens is 349 g/mol. The second-order valence-electron chi connectivity index (χ2n) is 3.27. The van der Waals surface area contributed by atoms with E-state index in [1.54, 1.807) is 0 Å². The maximum atomic E-state index is 10.1. The standard InChI is InChI=1S/C10H20O2.Au/c1-2-3-4-5-6-7-8-9-10(11)12;/h2-9H2,1H3,(H,11,12);. The zero-order valence-electron chi connectivity index (χ0n) is 8.31. The van der Waals surface area contributed by atoms with E-state index in [2.05, 4.69) is 6.92 Å². The molecule has 2 nitrogen and oxygen atoms in total. The van der Waals surface area contributed by atoms with Crippen LogP contribution in [0, 0.1) is 0 Å². The van der Waals surface area contributed by atoms with Gasteiger partial charge in [0.2, 0.25) is 0 Å². The summed E-state index contributed by atoms with van der Waals surface area (Å²) < 4.78 is 0. The summed E-state index contributed by atoms with van der Waals surface area (Å²) in [5.74, 6) is -0.663. The average Bonchev–Trinajstić information content (AvgIpc) is 2.02. The summed E-state index contributed by atoms with van der Waals surface area (Å²) in [6.45, 7) is 2.20. The second kappa shape index (κ2) is 12.2. The van der Waals surface area contributed by atoms with Gasteiger partial charge in [0.15, 0.2) is 0 Å². The van der Waals surface area contributed by atoms with Crippen LogP contribution in [0.5, 0.6) is 0 Å². The van der Waals surface area contributed by atoms with Crippen LogP contribution in [0.3, 0.4) is 0 Å². The minimum atomic E-state index is -0.663. The summed E-state index contributed by atoms with van der Waals surface area (Å²) in [6, 6.07) is 0. The van der Waals surface area contributed by atoms with Crippen LogP contribution in [0.4, 0.5) is 0 Å². The molecule has 0 unspecified atom stereocenters. The van der Waals surface area contributed by atoms with Crippen LogP contribution < -0.4 is 0 Å². The van der Waals surface area contributed by atoms with Gasteiger partial charge in [-0.1, -0.05) is 45.4 Å². The van der Waals surface area contributed by atoms with Gasteiger partial charge in [0.1, 0.15) is 0 Å². The summed E-state index contributed by atoms with van der Waals surface area (Å²) in [7, 11) is 0. The number of unbranched alkanes of at least 4 members (excludes halogenated alkanes) is 6. The van der Waals surface area contributed by atoms with Gasteiger partial charge in [0.05, 0.1) is 0 Å². The average molecular weight is 369 g/mol. The molecule has 0 saturated heterocycles. The summed E-state index contributed by atoms with van der Waals surface area (Å²) in [6.07, 6.45) is 8.64. The van der Waals surface area contributed by atoms with Gasteiger partial charge in [-0.2, -0.15) is 0 Å². The van der Waals surface area contributed by atoms with E-state index in [0.717, 1.165) is 12.8 Å². The Morgan fingerprint density at radius 2 is 1.46 bits per heavy atom. The predicted octanol–water partition coefficient (Wildman–Crippen LogP) is 3.21. The van der Waals surface area contributed by atoms with Crippen molar-refractivity contribution in [3.8, 4) is 0 Å².